The molecule has 0 unspecified atom stereocenters. The Morgan fingerprint density at radius 2 is 1.71 bits per heavy atom. The average Bonchev–Trinajstić information content (AvgIpc) is 2.79. The van der Waals surface area contributed by atoms with Crippen LogP contribution in [-0.2, 0) is 4.79 Å². The number of anilines is 1. The van der Waals surface area contributed by atoms with Crippen molar-refractivity contribution in [2.75, 3.05) is 19.5 Å². The van der Waals surface area contributed by atoms with Gasteiger partial charge in [-0.15, -0.1) is 0 Å². The van der Waals surface area contributed by atoms with Crippen LogP contribution in [0.2, 0.25) is 5.02 Å². The summed E-state index contributed by atoms with van der Waals surface area (Å²) in [5, 5.41) is 14.3. The minimum Gasteiger partial charge on any atom is -0.495 e. The van der Waals surface area contributed by atoms with Gasteiger partial charge in [0.25, 0.3) is 11.6 Å². The molecule has 0 fully saturated rings. The largest absolute Gasteiger partial charge is 0.495 e. The van der Waals surface area contributed by atoms with Crippen LogP contribution >= 0.6 is 11.6 Å². The van der Waals surface area contributed by atoms with Gasteiger partial charge in [-0.1, -0.05) is 54.1 Å². The molecule has 1 amide bonds. The minimum absolute atomic E-state index is 0.0642. The number of ether oxygens (including phenoxy) is 2. The van der Waals surface area contributed by atoms with Crippen LogP contribution in [-0.4, -0.2) is 25.1 Å². The summed E-state index contributed by atoms with van der Waals surface area (Å²) < 4.78 is 10.5. The van der Waals surface area contributed by atoms with Crippen molar-refractivity contribution in [1.82, 2.24) is 0 Å². The number of nitrogens with zero attached hydrogens (tertiary/aromatic N) is 1. The molecule has 0 atom stereocenters. The molecule has 0 spiro atoms. The van der Waals surface area contributed by atoms with Gasteiger partial charge in [-0.2, -0.15) is 0 Å². The second-order valence-electron chi connectivity index (χ2n) is 6.42. The summed E-state index contributed by atoms with van der Waals surface area (Å²) in [5.74, 6) is 0.309. The van der Waals surface area contributed by atoms with E-state index in [1.54, 1.807) is 54.6 Å². The molecular weight excluding hydrogens is 420 g/mol. The molecule has 7 nitrogen and oxygen atoms in total. The van der Waals surface area contributed by atoms with E-state index in [1.807, 2.05) is 6.07 Å². The quantitative estimate of drug-likeness (QED) is 0.229. The number of nitrogens with one attached hydrogen (secondary N) is 1. The van der Waals surface area contributed by atoms with Crippen LogP contribution in [0.25, 0.3) is 11.6 Å². The van der Waals surface area contributed by atoms with E-state index in [9.17, 15) is 14.9 Å². The predicted octanol–water partition coefficient (Wildman–Crippen LogP) is 5.44. The van der Waals surface area contributed by atoms with Gasteiger partial charge in [0.05, 0.1) is 29.9 Å². The number of methoxy groups -OCH3 is 2. The van der Waals surface area contributed by atoms with Crippen molar-refractivity contribution in [3.8, 4) is 11.5 Å². The first kappa shape index (κ1) is 21.9. The first-order valence-electron chi connectivity index (χ1n) is 9.17. The van der Waals surface area contributed by atoms with Gasteiger partial charge in [-0.25, -0.2) is 0 Å². The van der Waals surface area contributed by atoms with Crippen molar-refractivity contribution < 1.29 is 19.2 Å². The van der Waals surface area contributed by atoms with Crippen LogP contribution in [0.1, 0.15) is 11.1 Å². The lowest BCUT2D eigenvalue weighted by molar-refractivity contribution is -0.384. The summed E-state index contributed by atoms with van der Waals surface area (Å²) in [6, 6.07) is 18.2. The van der Waals surface area contributed by atoms with Crippen LogP contribution in [0.3, 0.4) is 0 Å². The summed E-state index contributed by atoms with van der Waals surface area (Å²) in [7, 11) is 2.93. The fourth-order valence-electron chi connectivity index (χ4n) is 2.94. The fraction of sp³-hybridized carbons (Fsp3) is 0.0870. The molecular formula is C23H19ClN2O5. The molecule has 8 heteroatoms. The zero-order valence-corrected chi connectivity index (χ0v) is 17.6. The summed E-state index contributed by atoms with van der Waals surface area (Å²) in [4.78, 5) is 23.9. The molecule has 3 rings (SSSR count). The number of nitro groups is 1. The number of hydrogen-bond donors (Lipinski definition) is 1. The van der Waals surface area contributed by atoms with E-state index in [1.165, 1.54) is 26.4 Å². The Bertz CT molecular complexity index is 1150. The number of carbonyl (C=O) groups excluding carboxylic acids is 1. The number of halogens is 1. The van der Waals surface area contributed by atoms with Gasteiger partial charge in [-0.05, 0) is 17.2 Å². The van der Waals surface area contributed by atoms with Crippen LogP contribution < -0.4 is 14.8 Å². The summed E-state index contributed by atoms with van der Waals surface area (Å²) in [5.41, 5.74) is 1.78. The topological polar surface area (TPSA) is 90.7 Å². The Hall–Kier alpha value is -3.84. The Kier molecular flexibility index (Phi) is 6.89. The molecule has 0 bridgehead atoms. The number of rotatable bonds is 7. The molecule has 0 aliphatic carbocycles. The molecule has 0 aliphatic heterocycles. The fourth-order valence-corrected chi connectivity index (χ4v) is 3.17. The molecule has 0 radical (unpaired) electrons. The zero-order valence-electron chi connectivity index (χ0n) is 16.8. The van der Waals surface area contributed by atoms with E-state index in [-0.39, 0.29) is 5.69 Å². The maximum Gasteiger partial charge on any atom is 0.270 e. The Morgan fingerprint density at radius 1 is 1.00 bits per heavy atom. The minimum atomic E-state index is -0.482. The lowest BCUT2D eigenvalue weighted by Gasteiger charge is -2.15. The lowest BCUT2D eigenvalue weighted by Crippen LogP contribution is -2.14. The van der Waals surface area contributed by atoms with Crippen molar-refractivity contribution >= 4 is 40.5 Å². The van der Waals surface area contributed by atoms with Crippen molar-refractivity contribution in [3.05, 3.63) is 93.0 Å². The molecule has 0 saturated carbocycles. The number of benzene rings is 3. The molecule has 31 heavy (non-hydrogen) atoms. The van der Waals surface area contributed by atoms with E-state index in [2.05, 4.69) is 5.32 Å². The summed E-state index contributed by atoms with van der Waals surface area (Å²) in [6.07, 6.45) is 1.59. The monoisotopic (exact) mass is 438 g/mol. The van der Waals surface area contributed by atoms with Gasteiger partial charge in [0.2, 0.25) is 0 Å². The van der Waals surface area contributed by atoms with Crippen LogP contribution in [0, 0.1) is 10.1 Å². The SMILES string of the molecule is COc1cc(NC(=O)/C(=C/c2cccc([N+](=O)[O-])c2)c2ccccc2)c(OC)cc1Cl. The number of hydrogen-bond acceptors (Lipinski definition) is 5. The highest BCUT2D eigenvalue weighted by atomic mass is 35.5. The molecule has 0 aliphatic rings. The van der Waals surface area contributed by atoms with Gasteiger partial charge in [-0.3, -0.25) is 14.9 Å². The van der Waals surface area contributed by atoms with Crippen molar-refractivity contribution in [2.45, 2.75) is 0 Å². The number of nitro benzene ring substituents is 1. The third-order valence-electron chi connectivity index (χ3n) is 4.44. The van der Waals surface area contributed by atoms with Gasteiger partial charge in [0.15, 0.2) is 0 Å². The lowest BCUT2D eigenvalue weighted by atomic mass is 10.0. The summed E-state index contributed by atoms with van der Waals surface area (Å²) >= 11 is 6.14. The van der Waals surface area contributed by atoms with Gasteiger partial charge >= 0.3 is 0 Å². The zero-order chi connectivity index (χ0) is 22.4. The highest BCUT2D eigenvalue weighted by Crippen LogP contribution is 2.36. The standard InChI is InChI=1S/C23H19ClN2O5/c1-30-21-14-20(22(31-2)13-19(21)24)25-23(27)18(16-8-4-3-5-9-16)12-15-7-6-10-17(11-15)26(28)29/h3-14H,1-2H3,(H,25,27)/b18-12+. The smallest absolute Gasteiger partial charge is 0.270 e. The van der Waals surface area contributed by atoms with E-state index >= 15 is 0 Å². The van der Waals surface area contributed by atoms with Crippen LogP contribution in [0.15, 0.2) is 66.7 Å². The molecule has 0 heterocycles. The maximum atomic E-state index is 13.2. The summed E-state index contributed by atoms with van der Waals surface area (Å²) in [6.45, 7) is 0. The Labute approximate surface area is 184 Å². The maximum absolute atomic E-state index is 13.2. The normalized spacial score (nSPS) is 11.0. The molecule has 0 saturated heterocycles. The third-order valence-corrected chi connectivity index (χ3v) is 4.74. The molecule has 158 valence electrons. The first-order valence-corrected chi connectivity index (χ1v) is 9.55. The molecule has 0 aromatic heterocycles. The second kappa shape index (κ2) is 9.77. The number of amides is 1. The van der Waals surface area contributed by atoms with Gasteiger partial charge in [0, 0.05) is 29.8 Å². The molecule has 3 aromatic rings. The van der Waals surface area contributed by atoms with Crippen molar-refractivity contribution in [2.24, 2.45) is 0 Å². The van der Waals surface area contributed by atoms with Gasteiger partial charge in [0.1, 0.15) is 11.5 Å². The number of carbonyl (C=O) groups is 1. The highest BCUT2D eigenvalue weighted by Gasteiger charge is 2.17. The predicted molar refractivity (Wildman–Crippen MR) is 121 cm³/mol. The van der Waals surface area contributed by atoms with E-state index in [0.29, 0.717) is 38.9 Å². The second-order valence-corrected chi connectivity index (χ2v) is 6.82. The van der Waals surface area contributed by atoms with E-state index in [4.69, 9.17) is 21.1 Å². The Balaban J connectivity index is 2.04. The average molecular weight is 439 g/mol. The van der Waals surface area contributed by atoms with Crippen LogP contribution in [0.5, 0.6) is 11.5 Å². The molecule has 3 aromatic carbocycles. The van der Waals surface area contributed by atoms with Crippen molar-refractivity contribution in [1.29, 1.82) is 0 Å². The van der Waals surface area contributed by atoms with E-state index < -0.39 is 10.8 Å². The van der Waals surface area contributed by atoms with Crippen LogP contribution in [0.4, 0.5) is 11.4 Å². The van der Waals surface area contributed by atoms with E-state index in [0.717, 1.165) is 0 Å². The molecule has 1 N–H and O–H groups in total. The Morgan fingerprint density at radius 3 is 2.35 bits per heavy atom. The third kappa shape index (κ3) is 5.21. The number of non-ortho nitro benzene ring substituents is 1. The highest BCUT2D eigenvalue weighted by molar-refractivity contribution is 6.33. The van der Waals surface area contributed by atoms with Crippen molar-refractivity contribution in [3.63, 3.8) is 0 Å². The first-order chi connectivity index (χ1) is 14.9. The van der Waals surface area contributed by atoms with Gasteiger partial charge < -0.3 is 14.8 Å².